The molecule has 2 amide bonds. The second-order valence-electron chi connectivity index (χ2n) is 6.52. The van der Waals surface area contributed by atoms with Gasteiger partial charge in [0.25, 0.3) is 11.7 Å². The number of Topliss-reactive ketones (excluding diaryl/α,β-unsaturated/α-hetero) is 1. The summed E-state index contributed by atoms with van der Waals surface area (Å²) in [5.41, 5.74) is 4.13. The lowest BCUT2D eigenvalue weighted by Gasteiger charge is -2.31. The molecule has 0 spiro atoms. The molecule has 25 heavy (non-hydrogen) atoms. The van der Waals surface area contributed by atoms with E-state index < -0.39 is 11.7 Å². The molecule has 2 heterocycles. The van der Waals surface area contributed by atoms with E-state index in [2.05, 4.69) is 6.07 Å². The van der Waals surface area contributed by atoms with Crippen LogP contribution in [0.2, 0.25) is 0 Å². The topological polar surface area (TPSA) is 57.7 Å². The van der Waals surface area contributed by atoms with E-state index in [1.54, 1.807) is 29.2 Å². The lowest BCUT2D eigenvalue weighted by atomic mass is 9.99. The summed E-state index contributed by atoms with van der Waals surface area (Å²) in [6, 6.07) is 12.9. The normalized spacial score (nSPS) is 16.0. The SMILES string of the molecule is Cc1ccc2c(c1)CCCN2C(=O)CN1C(=O)C(=O)c2ccccc21. The minimum absolute atomic E-state index is 0.116. The maximum Gasteiger partial charge on any atom is 0.299 e. The van der Waals surface area contributed by atoms with Crippen molar-refractivity contribution in [2.24, 2.45) is 0 Å². The smallest absolute Gasteiger partial charge is 0.299 e. The molecule has 0 aromatic heterocycles. The lowest BCUT2D eigenvalue weighted by Crippen LogP contribution is -2.44. The van der Waals surface area contributed by atoms with Gasteiger partial charge in [-0.2, -0.15) is 0 Å². The third kappa shape index (κ3) is 2.52. The van der Waals surface area contributed by atoms with Gasteiger partial charge in [-0.3, -0.25) is 19.3 Å². The Morgan fingerprint density at radius 1 is 1.08 bits per heavy atom. The molecule has 5 nitrogen and oxygen atoms in total. The predicted octanol–water partition coefficient (Wildman–Crippen LogP) is 2.50. The molecule has 126 valence electrons. The monoisotopic (exact) mass is 334 g/mol. The number of para-hydroxylation sites is 1. The van der Waals surface area contributed by atoms with Crippen LogP contribution in [0.4, 0.5) is 11.4 Å². The van der Waals surface area contributed by atoms with Gasteiger partial charge >= 0.3 is 0 Å². The van der Waals surface area contributed by atoms with Crippen LogP contribution >= 0.6 is 0 Å². The van der Waals surface area contributed by atoms with Gasteiger partial charge in [-0.05, 0) is 43.5 Å². The molecule has 2 aromatic rings. The summed E-state index contributed by atoms with van der Waals surface area (Å²) >= 11 is 0. The van der Waals surface area contributed by atoms with Gasteiger partial charge in [0.1, 0.15) is 6.54 Å². The van der Waals surface area contributed by atoms with Gasteiger partial charge in [-0.25, -0.2) is 0 Å². The number of carbonyl (C=O) groups excluding carboxylic acids is 3. The number of rotatable bonds is 2. The fourth-order valence-corrected chi connectivity index (χ4v) is 3.61. The summed E-state index contributed by atoms with van der Waals surface area (Å²) in [6.07, 6.45) is 1.84. The number of fused-ring (bicyclic) bond motifs is 2. The van der Waals surface area contributed by atoms with Gasteiger partial charge in [-0.1, -0.05) is 29.8 Å². The summed E-state index contributed by atoms with van der Waals surface area (Å²) in [6.45, 7) is 2.55. The average molecular weight is 334 g/mol. The Labute approximate surface area is 145 Å². The summed E-state index contributed by atoms with van der Waals surface area (Å²) in [4.78, 5) is 40.3. The first-order valence-electron chi connectivity index (χ1n) is 8.41. The van der Waals surface area contributed by atoms with Crippen LogP contribution in [0, 0.1) is 6.92 Å². The van der Waals surface area contributed by atoms with Crippen molar-refractivity contribution in [3.63, 3.8) is 0 Å². The second kappa shape index (κ2) is 5.84. The van der Waals surface area contributed by atoms with E-state index >= 15 is 0 Å². The first kappa shape index (κ1) is 15.6. The third-order valence-corrected chi connectivity index (χ3v) is 4.83. The average Bonchev–Trinajstić information content (AvgIpc) is 2.86. The molecule has 5 heteroatoms. The molecular formula is C20H18N2O3. The van der Waals surface area contributed by atoms with Crippen LogP contribution in [-0.2, 0) is 16.0 Å². The van der Waals surface area contributed by atoms with E-state index in [0.717, 1.165) is 24.1 Å². The molecule has 0 saturated heterocycles. The Balaban J connectivity index is 1.62. The first-order chi connectivity index (χ1) is 12.1. The van der Waals surface area contributed by atoms with Gasteiger partial charge in [0.15, 0.2) is 0 Å². The van der Waals surface area contributed by atoms with Crippen molar-refractivity contribution >= 4 is 29.0 Å². The Morgan fingerprint density at radius 3 is 2.72 bits per heavy atom. The molecule has 0 bridgehead atoms. The largest absolute Gasteiger partial charge is 0.311 e. The zero-order valence-corrected chi connectivity index (χ0v) is 14.0. The van der Waals surface area contributed by atoms with Crippen LogP contribution < -0.4 is 9.80 Å². The van der Waals surface area contributed by atoms with Gasteiger partial charge < -0.3 is 4.90 Å². The fraction of sp³-hybridized carbons (Fsp3) is 0.250. The van der Waals surface area contributed by atoms with E-state index in [0.29, 0.717) is 17.8 Å². The summed E-state index contributed by atoms with van der Waals surface area (Å²) in [7, 11) is 0. The van der Waals surface area contributed by atoms with Gasteiger partial charge in [0, 0.05) is 12.2 Å². The Kier molecular flexibility index (Phi) is 3.64. The first-order valence-corrected chi connectivity index (χ1v) is 8.41. The van der Waals surface area contributed by atoms with E-state index in [1.165, 1.54) is 10.5 Å². The van der Waals surface area contributed by atoms with Crippen molar-refractivity contribution < 1.29 is 14.4 Å². The highest BCUT2D eigenvalue weighted by Gasteiger charge is 2.37. The molecule has 0 unspecified atom stereocenters. The Morgan fingerprint density at radius 2 is 1.88 bits per heavy atom. The molecule has 0 N–H and O–H groups in total. The number of nitrogens with zero attached hydrogens (tertiary/aromatic N) is 2. The van der Waals surface area contributed by atoms with Crippen molar-refractivity contribution in [2.75, 3.05) is 22.9 Å². The third-order valence-electron chi connectivity index (χ3n) is 4.83. The number of hydrogen-bond donors (Lipinski definition) is 0. The quantitative estimate of drug-likeness (QED) is 0.793. The number of carbonyl (C=O) groups is 3. The minimum atomic E-state index is -0.629. The molecular weight excluding hydrogens is 316 g/mol. The van der Waals surface area contributed by atoms with Crippen molar-refractivity contribution in [2.45, 2.75) is 19.8 Å². The van der Waals surface area contributed by atoms with E-state index in [4.69, 9.17) is 0 Å². The minimum Gasteiger partial charge on any atom is -0.311 e. The van der Waals surface area contributed by atoms with Crippen LogP contribution in [0.5, 0.6) is 0 Å². The summed E-state index contributed by atoms with van der Waals surface area (Å²) in [5.74, 6) is -1.34. The summed E-state index contributed by atoms with van der Waals surface area (Å²) in [5, 5.41) is 0. The molecule has 0 aliphatic carbocycles. The highest BCUT2D eigenvalue weighted by atomic mass is 16.2. The maximum atomic E-state index is 12.9. The highest BCUT2D eigenvalue weighted by molar-refractivity contribution is 6.52. The molecule has 4 rings (SSSR count). The number of aryl methyl sites for hydroxylation is 2. The Hall–Kier alpha value is -2.95. The van der Waals surface area contributed by atoms with Gasteiger partial charge in [0.2, 0.25) is 5.91 Å². The highest BCUT2D eigenvalue weighted by Crippen LogP contribution is 2.31. The zero-order valence-electron chi connectivity index (χ0n) is 14.0. The second-order valence-corrected chi connectivity index (χ2v) is 6.52. The van der Waals surface area contributed by atoms with Gasteiger partial charge in [-0.15, -0.1) is 0 Å². The number of benzene rings is 2. The Bertz CT molecular complexity index is 904. The molecule has 0 atom stereocenters. The predicted molar refractivity (Wildman–Crippen MR) is 95.0 cm³/mol. The van der Waals surface area contributed by atoms with Crippen LogP contribution in [0.3, 0.4) is 0 Å². The lowest BCUT2D eigenvalue weighted by molar-refractivity contribution is -0.120. The van der Waals surface area contributed by atoms with Crippen LogP contribution in [0.1, 0.15) is 27.9 Å². The number of anilines is 2. The van der Waals surface area contributed by atoms with Crippen LogP contribution in [0.15, 0.2) is 42.5 Å². The molecule has 0 fully saturated rings. The van der Waals surface area contributed by atoms with Crippen molar-refractivity contribution in [3.05, 3.63) is 59.2 Å². The standard InChI is InChI=1S/C20H18N2O3/c1-13-8-9-16-14(11-13)5-4-10-21(16)18(23)12-22-17-7-3-2-6-15(17)19(24)20(22)25/h2-3,6-9,11H,4-5,10,12H2,1H3. The number of ketones is 1. The molecule has 2 aromatic carbocycles. The summed E-state index contributed by atoms with van der Waals surface area (Å²) < 4.78 is 0. The zero-order chi connectivity index (χ0) is 17.6. The molecule has 2 aliphatic rings. The van der Waals surface area contributed by atoms with Crippen LogP contribution in [0.25, 0.3) is 0 Å². The van der Waals surface area contributed by atoms with Gasteiger partial charge in [0.05, 0.1) is 11.3 Å². The van der Waals surface area contributed by atoms with E-state index in [-0.39, 0.29) is 12.5 Å². The maximum absolute atomic E-state index is 12.9. The number of hydrogen-bond acceptors (Lipinski definition) is 3. The van der Waals surface area contributed by atoms with E-state index in [9.17, 15) is 14.4 Å². The molecule has 0 radical (unpaired) electrons. The van der Waals surface area contributed by atoms with Crippen LogP contribution in [-0.4, -0.2) is 30.7 Å². The number of amides is 2. The molecule has 2 aliphatic heterocycles. The van der Waals surface area contributed by atoms with Crippen molar-refractivity contribution in [1.82, 2.24) is 0 Å². The van der Waals surface area contributed by atoms with E-state index in [1.807, 2.05) is 19.1 Å². The molecule has 0 saturated carbocycles. The van der Waals surface area contributed by atoms with Crippen molar-refractivity contribution in [1.29, 1.82) is 0 Å². The van der Waals surface area contributed by atoms with Crippen molar-refractivity contribution in [3.8, 4) is 0 Å². The fourth-order valence-electron chi connectivity index (χ4n) is 3.61.